The number of benzene rings is 2. The van der Waals surface area contributed by atoms with Crippen molar-refractivity contribution in [3.8, 4) is 0 Å². The SMILES string of the molecule is Cc1ccc(S(=O)(=O)N2CCN(C(C)C(=O)Nc3ccccc3)CC2)c(C)c1. The minimum atomic E-state index is -3.52. The van der Waals surface area contributed by atoms with E-state index in [1.54, 1.807) is 6.07 Å². The molecule has 1 amide bonds. The number of nitrogens with one attached hydrogen (secondary N) is 1. The van der Waals surface area contributed by atoms with E-state index >= 15 is 0 Å². The maximum absolute atomic E-state index is 13.0. The van der Waals surface area contributed by atoms with Gasteiger partial charge >= 0.3 is 0 Å². The van der Waals surface area contributed by atoms with Gasteiger partial charge in [-0.1, -0.05) is 35.9 Å². The van der Waals surface area contributed by atoms with Gasteiger partial charge in [0.1, 0.15) is 0 Å². The van der Waals surface area contributed by atoms with Gasteiger partial charge in [0.05, 0.1) is 10.9 Å². The smallest absolute Gasteiger partial charge is 0.243 e. The molecule has 7 heteroatoms. The summed E-state index contributed by atoms with van der Waals surface area (Å²) in [4.78, 5) is 14.9. The van der Waals surface area contributed by atoms with Crippen molar-refractivity contribution >= 4 is 21.6 Å². The van der Waals surface area contributed by atoms with E-state index < -0.39 is 10.0 Å². The number of hydrogen-bond donors (Lipinski definition) is 1. The number of hydrogen-bond acceptors (Lipinski definition) is 4. The van der Waals surface area contributed by atoms with Crippen LogP contribution in [0.25, 0.3) is 0 Å². The molecule has 1 saturated heterocycles. The van der Waals surface area contributed by atoms with Gasteiger partial charge in [-0.25, -0.2) is 8.42 Å². The fourth-order valence-corrected chi connectivity index (χ4v) is 5.12. The van der Waals surface area contributed by atoms with Crippen molar-refractivity contribution in [3.63, 3.8) is 0 Å². The number of piperazine rings is 1. The van der Waals surface area contributed by atoms with E-state index in [-0.39, 0.29) is 11.9 Å². The maximum atomic E-state index is 13.0. The fourth-order valence-electron chi connectivity index (χ4n) is 3.49. The van der Waals surface area contributed by atoms with Gasteiger partial charge in [0, 0.05) is 31.9 Å². The Labute approximate surface area is 167 Å². The van der Waals surface area contributed by atoms with E-state index in [4.69, 9.17) is 0 Å². The molecule has 0 aromatic heterocycles. The number of sulfonamides is 1. The van der Waals surface area contributed by atoms with Crippen molar-refractivity contribution in [2.45, 2.75) is 31.7 Å². The number of carbonyl (C=O) groups excluding carboxylic acids is 1. The predicted octanol–water partition coefficient (Wildman–Crippen LogP) is 2.64. The summed E-state index contributed by atoms with van der Waals surface area (Å²) < 4.78 is 27.5. The van der Waals surface area contributed by atoms with E-state index in [1.165, 1.54) is 4.31 Å². The molecule has 0 bridgehead atoms. The Morgan fingerprint density at radius 3 is 2.25 bits per heavy atom. The first-order chi connectivity index (χ1) is 13.3. The van der Waals surface area contributed by atoms with Crippen LogP contribution in [0.4, 0.5) is 5.69 Å². The quantitative estimate of drug-likeness (QED) is 0.836. The Kier molecular flexibility index (Phi) is 6.17. The van der Waals surface area contributed by atoms with Gasteiger partial charge in [-0.3, -0.25) is 9.69 Å². The molecule has 1 aliphatic heterocycles. The summed E-state index contributed by atoms with van der Waals surface area (Å²) in [5, 5.41) is 2.91. The molecule has 3 rings (SSSR count). The van der Waals surface area contributed by atoms with E-state index in [2.05, 4.69) is 5.32 Å². The van der Waals surface area contributed by atoms with Gasteiger partial charge in [-0.05, 0) is 44.5 Å². The fraction of sp³-hybridized carbons (Fsp3) is 0.381. The summed E-state index contributed by atoms with van der Waals surface area (Å²) in [5.41, 5.74) is 2.56. The number of amides is 1. The van der Waals surface area contributed by atoms with Crippen LogP contribution in [-0.2, 0) is 14.8 Å². The van der Waals surface area contributed by atoms with Gasteiger partial charge in [-0.2, -0.15) is 4.31 Å². The molecule has 28 heavy (non-hydrogen) atoms. The number of para-hydroxylation sites is 1. The van der Waals surface area contributed by atoms with Gasteiger partial charge in [0.15, 0.2) is 0 Å². The summed E-state index contributed by atoms with van der Waals surface area (Å²) in [6.07, 6.45) is 0. The van der Waals surface area contributed by atoms with Crippen molar-refractivity contribution in [3.05, 3.63) is 59.7 Å². The molecular formula is C21H27N3O3S. The predicted molar refractivity (Wildman–Crippen MR) is 111 cm³/mol. The lowest BCUT2D eigenvalue weighted by Crippen LogP contribution is -2.54. The second kappa shape index (κ2) is 8.43. The summed E-state index contributed by atoms with van der Waals surface area (Å²) >= 11 is 0. The zero-order chi connectivity index (χ0) is 20.3. The highest BCUT2D eigenvalue weighted by Gasteiger charge is 2.32. The van der Waals surface area contributed by atoms with Gasteiger partial charge in [0.2, 0.25) is 15.9 Å². The van der Waals surface area contributed by atoms with Crippen molar-refractivity contribution in [1.82, 2.24) is 9.21 Å². The monoisotopic (exact) mass is 401 g/mol. The zero-order valence-corrected chi connectivity index (χ0v) is 17.4. The molecule has 2 aromatic rings. The molecular weight excluding hydrogens is 374 g/mol. The Morgan fingerprint density at radius 2 is 1.64 bits per heavy atom. The van der Waals surface area contributed by atoms with Gasteiger partial charge < -0.3 is 5.32 Å². The van der Waals surface area contributed by atoms with Crippen LogP contribution in [0, 0.1) is 13.8 Å². The van der Waals surface area contributed by atoms with Crippen molar-refractivity contribution in [1.29, 1.82) is 0 Å². The summed E-state index contributed by atoms with van der Waals surface area (Å²) in [7, 11) is -3.52. The molecule has 1 heterocycles. The molecule has 150 valence electrons. The van der Waals surface area contributed by atoms with Crippen LogP contribution in [0.15, 0.2) is 53.4 Å². The van der Waals surface area contributed by atoms with Crippen molar-refractivity contribution in [2.24, 2.45) is 0 Å². The molecule has 2 aromatic carbocycles. The maximum Gasteiger partial charge on any atom is 0.243 e. The molecule has 1 unspecified atom stereocenters. The molecule has 0 aliphatic carbocycles. The molecule has 1 atom stereocenters. The molecule has 6 nitrogen and oxygen atoms in total. The van der Waals surface area contributed by atoms with Crippen LogP contribution >= 0.6 is 0 Å². The first-order valence-corrected chi connectivity index (χ1v) is 10.9. The van der Waals surface area contributed by atoms with Gasteiger partial charge in [-0.15, -0.1) is 0 Å². The van der Waals surface area contributed by atoms with Crippen LogP contribution in [0.1, 0.15) is 18.1 Å². The third kappa shape index (κ3) is 4.43. The van der Waals surface area contributed by atoms with Crippen molar-refractivity contribution < 1.29 is 13.2 Å². The second-order valence-corrected chi connectivity index (χ2v) is 9.15. The molecule has 1 N–H and O–H groups in total. The minimum Gasteiger partial charge on any atom is -0.325 e. The number of aryl methyl sites for hydroxylation is 2. The highest BCUT2D eigenvalue weighted by Crippen LogP contribution is 2.22. The lowest BCUT2D eigenvalue weighted by atomic mass is 10.2. The Bertz CT molecular complexity index is 937. The first-order valence-electron chi connectivity index (χ1n) is 9.46. The standard InChI is InChI=1S/C21H27N3O3S/c1-16-9-10-20(17(2)15-16)28(26,27)24-13-11-23(12-14-24)18(3)21(25)22-19-7-5-4-6-8-19/h4-10,15,18H,11-14H2,1-3H3,(H,22,25). The molecule has 0 radical (unpaired) electrons. The third-order valence-corrected chi connectivity index (χ3v) is 7.25. The van der Waals surface area contributed by atoms with Crippen LogP contribution in [-0.4, -0.2) is 55.8 Å². The molecule has 0 saturated carbocycles. The minimum absolute atomic E-state index is 0.0862. The Balaban J connectivity index is 1.62. The van der Waals surface area contributed by atoms with Crippen LogP contribution < -0.4 is 5.32 Å². The van der Waals surface area contributed by atoms with Crippen LogP contribution in [0.5, 0.6) is 0 Å². The largest absolute Gasteiger partial charge is 0.325 e. The molecule has 1 fully saturated rings. The second-order valence-electron chi connectivity index (χ2n) is 7.24. The van der Waals surface area contributed by atoms with Crippen LogP contribution in [0.2, 0.25) is 0 Å². The zero-order valence-electron chi connectivity index (χ0n) is 16.6. The third-order valence-electron chi connectivity index (χ3n) is 5.19. The average molecular weight is 402 g/mol. The number of anilines is 1. The number of rotatable bonds is 5. The number of carbonyl (C=O) groups is 1. The topological polar surface area (TPSA) is 69.7 Å². The Morgan fingerprint density at radius 1 is 1.00 bits per heavy atom. The average Bonchev–Trinajstić information content (AvgIpc) is 2.68. The summed E-state index contributed by atoms with van der Waals surface area (Å²) in [6, 6.07) is 14.4. The Hall–Kier alpha value is -2.22. The lowest BCUT2D eigenvalue weighted by Gasteiger charge is -2.36. The molecule has 1 aliphatic rings. The highest BCUT2D eigenvalue weighted by molar-refractivity contribution is 7.89. The van der Waals surface area contributed by atoms with E-state index in [1.807, 2.05) is 68.1 Å². The van der Waals surface area contributed by atoms with E-state index in [0.717, 1.165) is 16.8 Å². The van der Waals surface area contributed by atoms with Gasteiger partial charge in [0.25, 0.3) is 0 Å². The number of nitrogens with zero attached hydrogens (tertiary/aromatic N) is 2. The normalized spacial score (nSPS) is 17.2. The van der Waals surface area contributed by atoms with E-state index in [0.29, 0.717) is 31.1 Å². The lowest BCUT2D eigenvalue weighted by molar-refractivity contribution is -0.121. The summed E-state index contributed by atoms with van der Waals surface area (Å²) in [6.45, 7) is 7.42. The van der Waals surface area contributed by atoms with Crippen molar-refractivity contribution in [2.75, 3.05) is 31.5 Å². The summed E-state index contributed by atoms with van der Waals surface area (Å²) in [5.74, 6) is -0.0862. The van der Waals surface area contributed by atoms with Crippen LogP contribution in [0.3, 0.4) is 0 Å². The molecule has 0 spiro atoms. The first kappa shape index (κ1) is 20.5. The van der Waals surface area contributed by atoms with E-state index in [9.17, 15) is 13.2 Å². The highest BCUT2D eigenvalue weighted by atomic mass is 32.2.